The molecule has 3 aromatic carbocycles. The number of halogens is 2. The maximum absolute atomic E-state index is 13.4. The van der Waals surface area contributed by atoms with Gasteiger partial charge in [0.25, 0.3) is 17.7 Å². The smallest absolute Gasteiger partial charge is 0.263 e. The summed E-state index contributed by atoms with van der Waals surface area (Å²) < 4.78 is 0. The van der Waals surface area contributed by atoms with Crippen LogP contribution in [0.4, 0.5) is 5.69 Å². The third kappa shape index (κ3) is 3.58. The second-order valence-corrected chi connectivity index (χ2v) is 7.77. The number of carbonyl (C=O) groups excluding carboxylic acids is 3. The normalized spacial score (nSPS) is 12.8. The van der Waals surface area contributed by atoms with Gasteiger partial charge in [-0.3, -0.25) is 24.2 Å². The maximum Gasteiger partial charge on any atom is 0.263 e. The molecule has 0 unspecified atom stereocenters. The van der Waals surface area contributed by atoms with Crippen LogP contribution in [-0.2, 0) is 0 Å². The van der Waals surface area contributed by atoms with Crippen LogP contribution in [0.15, 0.2) is 66.7 Å². The standard InChI is InChI=1S/C23H16Cl2N2O3/c1-14-5-4-6-15(11-14)21(28)26(20-10-9-16(24)12-19(20)25)13-27-22(29)17-7-2-3-8-18(17)23(27)30/h2-12H,13H2,1H3. The van der Waals surface area contributed by atoms with Gasteiger partial charge in [0.1, 0.15) is 6.67 Å². The minimum Gasteiger partial charge on any atom is -0.288 e. The highest BCUT2D eigenvalue weighted by molar-refractivity contribution is 6.37. The van der Waals surface area contributed by atoms with Gasteiger partial charge in [-0.05, 0) is 49.4 Å². The van der Waals surface area contributed by atoms with Crippen LogP contribution in [0.2, 0.25) is 10.0 Å². The lowest BCUT2D eigenvalue weighted by Gasteiger charge is -2.28. The first kappa shape index (κ1) is 20.1. The van der Waals surface area contributed by atoms with Crippen molar-refractivity contribution in [2.45, 2.75) is 6.92 Å². The average molecular weight is 439 g/mol. The van der Waals surface area contributed by atoms with Crippen LogP contribution in [0.25, 0.3) is 0 Å². The Labute approximate surface area is 183 Å². The molecular weight excluding hydrogens is 423 g/mol. The monoisotopic (exact) mass is 438 g/mol. The summed E-state index contributed by atoms with van der Waals surface area (Å²) in [6, 6.07) is 18.3. The first-order valence-electron chi connectivity index (χ1n) is 9.15. The number of rotatable bonds is 4. The van der Waals surface area contributed by atoms with E-state index in [4.69, 9.17) is 23.2 Å². The quantitative estimate of drug-likeness (QED) is 0.525. The van der Waals surface area contributed by atoms with Gasteiger partial charge in [-0.1, -0.05) is 53.0 Å². The molecular formula is C23H16Cl2N2O3. The van der Waals surface area contributed by atoms with Crippen LogP contribution in [0.3, 0.4) is 0 Å². The molecule has 0 radical (unpaired) electrons. The summed E-state index contributed by atoms with van der Waals surface area (Å²) in [5, 5.41) is 0.646. The summed E-state index contributed by atoms with van der Waals surface area (Å²) in [5.41, 5.74) is 2.30. The van der Waals surface area contributed by atoms with E-state index in [1.165, 1.54) is 11.0 Å². The number of aryl methyl sites for hydroxylation is 1. The lowest BCUT2D eigenvalue weighted by atomic mass is 10.1. The molecule has 4 rings (SSSR count). The fraction of sp³-hybridized carbons (Fsp3) is 0.0870. The Morgan fingerprint density at radius 3 is 2.17 bits per heavy atom. The van der Waals surface area contributed by atoms with Crippen molar-refractivity contribution in [3.8, 4) is 0 Å². The van der Waals surface area contributed by atoms with Crippen molar-refractivity contribution in [1.29, 1.82) is 0 Å². The van der Waals surface area contributed by atoms with Gasteiger partial charge in [0.2, 0.25) is 0 Å². The Kier molecular flexibility index (Phi) is 5.33. The SMILES string of the molecule is Cc1cccc(C(=O)N(CN2C(=O)c3ccccc3C2=O)c2ccc(Cl)cc2Cl)c1. The molecule has 150 valence electrons. The Morgan fingerprint density at radius 2 is 1.57 bits per heavy atom. The summed E-state index contributed by atoms with van der Waals surface area (Å²) in [6.07, 6.45) is 0. The predicted octanol–water partition coefficient (Wildman–Crippen LogP) is 5.20. The van der Waals surface area contributed by atoms with Crippen LogP contribution in [0.1, 0.15) is 36.6 Å². The number of anilines is 1. The molecule has 7 heteroatoms. The Bertz CT molecular complexity index is 1160. The molecule has 1 heterocycles. The second kappa shape index (κ2) is 7.94. The van der Waals surface area contributed by atoms with E-state index >= 15 is 0 Å². The Balaban J connectivity index is 1.76. The zero-order valence-corrected chi connectivity index (χ0v) is 17.4. The topological polar surface area (TPSA) is 57.7 Å². The van der Waals surface area contributed by atoms with Crippen LogP contribution in [-0.4, -0.2) is 29.3 Å². The highest BCUT2D eigenvalue weighted by Gasteiger charge is 2.37. The fourth-order valence-corrected chi connectivity index (χ4v) is 3.90. The highest BCUT2D eigenvalue weighted by Crippen LogP contribution is 2.32. The minimum atomic E-state index is -0.456. The molecule has 0 atom stereocenters. The molecule has 3 aromatic rings. The van der Waals surface area contributed by atoms with Gasteiger partial charge >= 0.3 is 0 Å². The Morgan fingerprint density at radius 1 is 0.900 bits per heavy atom. The molecule has 0 bridgehead atoms. The number of hydrogen-bond donors (Lipinski definition) is 0. The zero-order chi connectivity index (χ0) is 21.4. The molecule has 0 N–H and O–H groups in total. The molecule has 0 aliphatic carbocycles. The highest BCUT2D eigenvalue weighted by atomic mass is 35.5. The third-order valence-electron chi connectivity index (χ3n) is 4.87. The summed E-state index contributed by atoms with van der Waals surface area (Å²) in [6.45, 7) is 1.60. The molecule has 5 nitrogen and oxygen atoms in total. The van der Waals surface area contributed by atoms with E-state index in [-0.39, 0.29) is 17.6 Å². The molecule has 30 heavy (non-hydrogen) atoms. The fourth-order valence-electron chi connectivity index (χ4n) is 3.39. The van der Waals surface area contributed by atoms with Crippen LogP contribution in [0, 0.1) is 6.92 Å². The van der Waals surface area contributed by atoms with Crippen molar-refractivity contribution in [3.05, 3.63) is 99.0 Å². The van der Waals surface area contributed by atoms with Gasteiger partial charge in [0.05, 0.1) is 21.8 Å². The molecule has 0 fully saturated rings. The molecule has 0 spiro atoms. The van der Waals surface area contributed by atoms with Crippen LogP contribution in [0.5, 0.6) is 0 Å². The van der Waals surface area contributed by atoms with E-state index in [1.807, 2.05) is 13.0 Å². The summed E-state index contributed by atoms with van der Waals surface area (Å²) in [7, 11) is 0. The van der Waals surface area contributed by atoms with Crippen molar-refractivity contribution in [1.82, 2.24) is 4.90 Å². The van der Waals surface area contributed by atoms with E-state index in [1.54, 1.807) is 54.6 Å². The predicted molar refractivity (Wildman–Crippen MR) is 116 cm³/mol. The van der Waals surface area contributed by atoms with Gasteiger partial charge in [-0.25, -0.2) is 0 Å². The van der Waals surface area contributed by atoms with Gasteiger partial charge in [-0.15, -0.1) is 0 Å². The number of nitrogens with zero attached hydrogens (tertiary/aromatic N) is 2. The van der Waals surface area contributed by atoms with Crippen molar-refractivity contribution in [3.63, 3.8) is 0 Å². The molecule has 1 aliphatic rings. The number of imide groups is 1. The van der Waals surface area contributed by atoms with Crippen molar-refractivity contribution in [2.24, 2.45) is 0 Å². The number of amides is 3. The molecule has 0 aromatic heterocycles. The van der Waals surface area contributed by atoms with E-state index < -0.39 is 11.8 Å². The minimum absolute atomic E-state index is 0.236. The summed E-state index contributed by atoms with van der Waals surface area (Å²) in [5.74, 6) is -1.30. The summed E-state index contributed by atoms with van der Waals surface area (Å²) >= 11 is 12.4. The maximum atomic E-state index is 13.4. The number of fused-ring (bicyclic) bond motifs is 1. The number of benzene rings is 3. The zero-order valence-electron chi connectivity index (χ0n) is 15.9. The van der Waals surface area contributed by atoms with E-state index in [2.05, 4.69) is 0 Å². The lowest BCUT2D eigenvalue weighted by Crippen LogP contribution is -2.44. The lowest BCUT2D eigenvalue weighted by molar-refractivity contribution is 0.0650. The molecule has 0 saturated carbocycles. The molecule has 0 saturated heterocycles. The van der Waals surface area contributed by atoms with E-state index in [0.29, 0.717) is 27.4 Å². The van der Waals surface area contributed by atoms with Gasteiger partial charge in [0.15, 0.2) is 0 Å². The van der Waals surface area contributed by atoms with Crippen molar-refractivity contribution < 1.29 is 14.4 Å². The van der Waals surface area contributed by atoms with Crippen LogP contribution < -0.4 is 4.90 Å². The van der Waals surface area contributed by atoms with Gasteiger partial charge < -0.3 is 0 Å². The first-order valence-corrected chi connectivity index (χ1v) is 9.91. The average Bonchev–Trinajstić information content (AvgIpc) is 2.97. The van der Waals surface area contributed by atoms with Gasteiger partial charge in [-0.2, -0.15) is 0 Å². The number of carbonyl (C=O) groups is 3. The van der Waals surface area contributed by atoms with Crippen molar-refractivity contribution in [2.75, 3.05) is 11.6 Å². The Hall–Kier alpha value is -3.15. The third-order valence-corrected chi connectivity index (χ3v) is 5.41. The van der Waals surface area contributed by atoms with Gasteiger partial charge in [0, 0.05) is 10.6 Å². The van der Waals surface area contributed by atoms with E-state index in [9.17, 15) is 14.4 Å². The largest absolute Gasteiger partial charge is 0.288 e. The van der Waals surface area contributed by atoms with E-state index in [0.717, 1.165) is 10.5 Å². The van der Waals surface area contributed by atoms with Crippen molar-refractivity contribution >= 4 is 46.6 Å². The number of hydrogen-bond acceptors (Lipinski definition) is 3. The van der Waals surface area contributed by atoms with Crippen LogP contribution >= 0.6 is 23.2 Å². The second-order valence-electron chi connectivity index (χ2n) is 6.92. The molecule has 1 aliphatic heterocycles. The first-order chi connectivity index (χ1) is 14.4. The summed E-state index contributed by atoms with van der Waals surface area (Å²) in [4.78, 5) is 41.4. The molecule has 3 amide bonds.